The number of carbonyl (C=O) groups is 2. The van der Waals surface area contributed by atoms with E-state index in [9.17, 15) is 9.59 Å². The summed E-state index contributed by atoms with van der Waals surface area (Å²) in [7, 11) is 0. The minimum atomic E-state index is -1.19. The van der Waals surface area contributed by atoms with E-state index >= 15 is 0 Å². The van der Waals surface area contributed by atoms with Crippen LogP contribution in [0.1, 0.15) is 24.0 Å². The third kappa shape index (κ3) is 8.41. The largest absolute Gasteiger partial charge is 0.370 e. The minimum absolute atomic E-state index is 0.0237. The Hall–Kier alpha value is -2.16. The zero-order valence-corrected chi connectivity index (χ0v) is 27.4. The topological polar surface area (TPSA) is 169 Å². The van der Waals surface area contributed by atoms with Crippen molar-refractivity contribution >= 4 is 87.6 Å². The summed E-state index contributed by atoms with van der Waals surface area (Å²) in [5.41, 5.74) is 22.5. The first kappa shape index (κ1) is 31.4. The van der Waals surface area contributed by atoms with Crippen LogP contribution in [-0.2, 0) is 17.6 Å². The molecule has 1 heterocycles. The summed E-state index contributed by atoms with van der Waals surface area (Å²) in [6, 6.07) is 11.3. The van der Waals surface area contributed by atoms with Gasteiger partial charge < -0.3 is 27.8 Å². The van der Waals surface area contributed by atoms with E-state index in [1.165, 1.54) is 4.90 Å². The minimum Gasteiger partial charge on any atom is -0.370 e. The number of carbonyl (C=O) groups excluding carboxylic acids is 2. The maximum Gasteiger partial charge on any atom is 0.327 e. The summed E-state index contributed by atoms with van der Waals surface area (Å²) < 4.78 is 3.43. The number of benzene rings is 2. The standard InChI is InChI=1S/C25H30Br4N8O2/c26-17-7-15(8-18(27)11-17)13-25(14-16-9-19(28)12-20(29)10-16)21(38)36(5-1-3-34-22(30)31)24(39)37(25)6-2-4-35-23(32)33/h7-12H,1-6,13-14H2,(H4,30,31,34)(H4,32,33,35). The number of halogens is 4. The molecule has 210 valence electrons. The molecule has 1 saturated heterocycles. The van der Waals surface area contributed by atoms with E-state index < -0.39 is 5.54 Å². The number of urea groups is 1. The average molecular weight is 794 g/mol. The lowest BCUT2D eigenvalue weighted by atomic mass is 9.83. The second-order valence-corrected chi connectivity index (χ2v) is 12.8. The molecule has 0 unspecified atom stereocenters. The third-order valence-corrected chi connectivity index (χ3v) is 7.96. The first-order valence-electron chi connectivity index (χ1n) is 12.1. The van der Waals surface area contributed by atoms with Gasteiger partial charge in [-0.25, -0.2) is 4.79 Å². The molecule has 0 atom stereocenters. The van der Waals surface area contributed by atoms with Crippen LogP contribution in [0.5, 0.6) is 0 Å². The number of amides is 3. The number of rotatable bonds is 12. The predicted octanol–water partition coefficient (Wildman–Crippen LogP) is 3.85. The molecular formula is C25H30Br4N8O2. The Labute approximate surface area is 261 Å². The summed E-state index contributed by atoms with van der Waals surface area (Å²) in [5.74, 6) is -0.333. The molecular weight excluding hydrogens is 764 g/mol. The van der Waals surface area contributed by atoms with Crippen molar-refractivity contribution in [3.05, 3.63) is 65.4 Å². The van der Waals surface area contributed by atoms with Crippen molar-refractivity contribution < 1.29 is 9.59 Å². The van der Waals surface area contributed by atoms with Crippen LogP contribution >= 0.6 is 63.7 Å². The number of imide groups is 1. The molecule has 14 heteroatoms. The number of nitrogens with two attached hydrogens (primary N) is 4. The zero-order valence-electron chi connectivity index (χ0n) is 21.0. The molecule has 1 aliphatic heterocycles. The summed E-state index contributed by atoms with van der Waals surface area (Å²) in [6.45, 7) is 1.10. The van der Waals surface area contributed by atoms with E-state index in [4.69, 9.17) is 22.9 Å². The van der Waals surface area contributed by atoms with Crippen LogP contribution in [0.3, 0.4) is 0 Å². The van der Waals surface area contributed by atoms with Gasteiger partial charge in [0.2, 0.25) is 0 Å². The Kier molecular flexibility index (Phi) is 11.2. The maximum absolute atomic E-state index is 14.3. The molecule has 10 nitrogen and oxygen atoms in total. The fraction of sp³-hybridized carbons (Fsp3) is 0.360. The predicted molar refractivity (Wildman–Crippen MR) is 168 cm³/mol. The lowest BCUT2D eigenvalue weighted by Crippen LogP contribution is -2.53. The van der Waals surface area contributed by atoms with Crippen molar-refractivity contribution in [1.82, 2.24) is 9.80 Å². The summed E-state index contributed by atoms with van der Waals surface area (Å²) in [4.78, 5) is 39.2. The molecule has 0 saturated carbocycles. The van der Waals surface area contributed by atoms with Gasteiger partial charge in [0.25, 0.3) is 5.91 Å². The van der Waals surface area contributed by atoms with Crippen molar-refractivity contribution in [2.75, 3.05) is 26.2 Å². The smallest absolute Gasteiger partial charge is 0.327 e. The molecule has 0 spiro atoms. The zero-order chi connectivity index (χ0) is 28.7. The molecule has 39 heavy (non-hydrogen) atoms. The van der Waals surface area contributed by atoms with Gasteiger partial charge in [0, 0.05) is 56.9 Å². The third-order valence-electron chi connectivity index (χ3n) is 6.13. The molecule has 0 bridgehead atoms. The highest BCUT2D eigenvalue weighted by Crippen LogP contribution is 2.37. The van der Waals surface area contributed by atoms with Gasteiger partial charge in [-0.05, 0) is 60.4 Å². The van der Waals surface area contributed by atoms with Crippen LogP contribution in [0, 0.1) is 0 Å². The van der Waals surface area contributed by atoms with Crippen molar-refractivity contribution in [1.29, 1.82) is 0 Å². The van der Waals surface area contributed by atoms with Crippen LogP contribution in [0.25, 0.3) is 0 Å². The second-order valence-electron chi connectivity index (χ2n) is 9.15. The summed E-state index contributed by atoms with van der Waals surface area (Å²) in [5, 5.41) is 0. The number of guanidine groups is 2. The van der Waals surface area contributed by atoms with E-state index in [-0.39, 0.29) is 36.9 Å². The fourth-order valence-corrected chi connectivity index (χ4v) is 7.45. The highest BCUT2D eigenvalue weighted by atomic mass is 79.9. The van der Waals surface area contributed by atoms with E-state index in [1.54, 1.807) is 4.90 Å². The molecule has 3 amide bonds. The van der Waals surface area contributed by atoms with E-state index in [0.717, 1.165) is 29.0 Å². The Morgan fingerprint density at radius 2 is 1.10 bits per heavy atom. The molecule has 0 aromatic heterocycles. The Bertz CT molecular complexity index is 1180. The van der Waals surface area contributed by atoms with Gasteiger partial charge in [-0.2, -0.15) is 0 Å². The van der Waals surface area contributed by atoms with E-state index in [0.29, 0.717) is 38.8 Å². The van der Waals surface area contributed by atoms with Crippen molar-refractivity contribution in [2.45, 2.75) is 31.2 Å². The highest BCUT2D eigenvalue weighted by Gasteiger charge is 2.56. The van der Waals surface area contributed by atoms with Gasteiger partial charge in [-0.3, -0.25) is 19.7 Å². The molecule has 8 N–H and O–H groups in total. The van der Waals surface area contributed by atoms with Crippen LogP contribution < -0.4 is 22.9 Å². The molecule has 2 aromatic rings. The quantitative estimate of drug-likeness (QED) is 0.110. The molecule has 0 aliphatic carbocycles. The van der Waals surface area contributed by atoms with Gasteiger partial charge in [-0.15, -0.1) is 0 Å². The molecule has 1 aliphatic rings. The van der Waals surface area contributed by atoms with E-state index in [1.807, 2.05) is 36.4 Å². The number of hydrogen-bond acceptors (Lipinski definition) is 4. The molecule has 3 rings (SSSR count). The number of hydrogen-bond donors (Lipinski definition) is 4. The first-order valence-corrected chi connectivity index (χ1v) is 15.2. The monoisotopic (exact) mass is 790 g/mol. The summed E-state index contributed by atoms with van der Waals surface area (Å²) in [6.07, 6.45) is 1.50. The summed E-state index contributed by atoms with van der Waals surface area (Å²) >= 11 is 14.2. The van der Waals surface area contributed by atoms with Crippen LogP contribution in [0.2, 0.25) is 0 Å². The average Bonchev–Trinajstić information content (AvgIpc) is 2.98. The maximum atomic E-state index is 14.3. The van der Waals surface area contributed by atoms with Gasteiger partial charge in [0.1, 0.15) is 5.54 Å². The van der Waals surface area contributed by atoms with Crippen molar-refractivity contribution in [3.8, 4) is 0 Å². The van der Waals surface area contributed by atoms with Gasteiger partial charge >= 0.3 is 6.03 Å². The van der Waals surface area contributed by atoms with Crippen molar-refractivity contribution in [3.63, 3.8) is 0 Å². The Morgan fingerprint density at radius 3 is 1.51 bits per heavy atom. The first-order chi connectivity index (χ1) is 18.4. The Balaban J connectivity index is 2.08. The van der Waals surface area contributed by atoms with Gasteiger partial charge in [-0.1, -0.05) is 63.7 Å². The normalized spacial score (nSPS) is 14.6. The van der Waals surface area contributed by atoms with Crippen LogP contribution in [0.4, 0.5) is 4.79 Å². The lowest BCUT2D eigenvalue weighted by molar-refractivity contribution is -0.133. The number of aliphatic imine (C=N–C) groups is 2. The number of nitrogens with zero attached hydrogens (tertiary/aromatic N) is 4. The van der Waals surface area contributed by atoms with E-state index in [2.05, 4.69) is 73.7 Å². The molecule has 1 fully saturated rings. The van der Waals surface area contributed by atoms with Gasteiger partial charge in [0.05, 0.1) is 0 Å². The van der Waals surface area contributed by atoms with Crippen LogP contribution in [0.15, 0.2) is 64.3 Å². The molecule has 0 radical (unpaired) electrons. The SMILES string of the molecule is NC(N)=NCCCN1C(=O)N(CCCN=C(N)N)C(Cc2cc(Br)cc(Br)c2)(Cc2cc(Br)cc(Br)c2)C1=O. The highest BCUT2D eigenvalue weighted by molar-refractivity contribution is 9.11. The fourth-order valence-electron chi connectivity index (χ4n) is 4.67. The van der Waals surface area contributed by atoms with Crippen molar-refractivity contribution in [2.24, 2.45) is 32.9 Å². The van der Waals surface area contributed by atoms with Gasteiger partial charge in [0.15, 0.2) is 11.9 Å². The molecule has 2 aromatic carbocycles. The Morgan fingerprint density at radius 1 is 0.692 bits per heavy atom. The second kappa shape index (κ2) is 14.0. The van der Waals surface area contributed by atoms with Crippen LogP contribution in [-0.4, -0.2) is 65.4 Å². The lowest BCUT2D eigenvalue weighted by Gasteiger charge is -2.36.